The molecular weight excluding hydrogens is 354 g/mol. The van der Waals surface area contributed by atoms with E-state index in [4.69, 9.17) is 21.4 Å². The fourth-order valence-corrected chi connectivity index (χ4v) is 4.00. The molecule has 25 heavy (non-hydrogen) atoms. The van der Waals surface area contributed by atoms with Gasteiger partial charge >= 0.3 is 0 Å². The topological polar surface area (TPSA) is 39.1 Å². The third kappa shape index (κ3) is 2.77. The molecule has 4 nitrogen and oxygen atoms in total. The van der Waals surface area contributed by atoms with Gasteiger partial charge in [0.25, 0.3) is 0 Å². The molecule has 6 heteroatoms. The lowest BCUT2D eigenvalue weighted by molar-refractivity contribution is 0.412. The Labute approximate surface area is 156 Å². The van der Waals surface area contributed by atoms with Gasteiger partial charge < -0.3 is 10.1 Å². The number of benzene rings is 2. The number of aromatic nitrogens is 2. The molecular formula is C19H18ClN3OS. The van der Waals surface area contributed by atoms with Crippen LogP contribution in [0.5, 0.6) is 5.75 Å². The summed E-state index contributed by atoms with van der Waals surface area (Å²) in [7, 11) is 1.66. The Morgan fingerprint density at radius 1 is 1.24 bits per heavy atom. The second kappa shape index (κ2) is 6.65. The molecule has 0 atom stereocenters. The number of methoxy groups -OCH3 is 1. The summed E-state index contributed by atoms with van der Waals surface area (Å²) in [6.07, 6.45) is 3.05. The number of rotatable bonds is 4. The van der Waals surface area contributed by atoms with Gasteiger partial charge in [0.1, 0.15) is 17.3 Å². The first-order chi connectivity index (χ1) is 12.2. The molecule has 0 saturated heterocycles. The van der Waals surface area contributed by atoms with Crippen molar-refractivity contribution in [2.45, 2.75) is 11.3 Å². The number of fused-ring (bicyclic) bond motifs is 1. The highest BCUT2D eigenvalue weighted by molar-refractivity contribution is 7.98. The van der Waals surface area contributed by atoms with E-state index in [1.165, 1.54) is 10.5 Å². The van der Waals surface area contributed by atoms with Gasteiger partial charge in [-0.3, -0.25) is 0 Å². The molecule has 1 aliphatic heterocycles. The molecule has 1 aromatic heterocycles. The highest BCUT2D eigenvalue weighted by Crippen LogP contribution is 2.39. The quantitative estimate of drug-likeness (QED) is 0.662. The number of thioether (sulfide) groups is 1. The molecule has 1 aliphatic rings. The summed E-state index contributed by atoms with van der Waals surface area (Å²) in [4.78, 5) is 1.22. The van der Waals surface area contributed by atoms with Gasteiger partial charge in [-0.2, -0.15) is 5.10 Å². The fourth-order valence-electron chi connectivity index (χ4n) is 3.23. The maximum Gasteiger partial charge on any atom is 0.144 e. The molecule has 2 aromatic carbocycles. The van der Waals surface area contributed by atoms with E-state index in [9.17, 15) is 0 Å². The van der Waals surface area contributed by atoms with Crippen LogP contribution >= 0.6 is 23.4 Å². The van der Waals surface area contributed by atoms with Crippen LogP contribution in [0, 0.1) is 0 Å². The van der Waals surface area contributed by atoms with Crippen LogP contribution in [0.25, 0.3) is 16.9 Å². The van der Waals surface area contributed by atoms with Gasteiger partial charge in [0, 0.05) is 27.6 Å². The Morgan fingerprint density at radius 2 is 2.08 bits per heavy atom. The first kappa shape index (κ1) is 16.4. The van der Waals surface area contributed by atoms with Crippen molar-refractivity contribution in [3.05, 3.63) is 53.1 Å². The van der Waals surface area contributed by atoms with E-state index >= 15 is 0 Å². The number of nitrogens with one attached hydrogen (secondary N) is 1. The summed E-state index contributed by atoms with van der Waals surface area (Å²) >= 11 is 7.96. The lowest BCUT2D eigenvalue weighted by atomic mass is 10.1. The zero-order chi connectivity index (χ0) is 17.4. The fraction of sp³-hybridized carbons (Fsp3) is 0.211. The van der Waals surface area contributed by atoms with Crippen LogP contribution in [0.2, 0.25) is 5.02 Å². The van der Waals surface area contributed by atoms with Gasteiger partial charge in [-0.15, -0.1) is 11.8 Å². The molecule has 0 bridgehead atoms. The number of hydrogen-bond donors (Lipinski definition) is 1. The van der Waals surface area contributed by atoms with E-state index in [0.29, 0.717) is 5.02 Å². The normalized spacial score (nSPS) is 12.8. The summed E-state index contributed by atoms with van der Waals surface area (Å²) in [6.45, 7) is 0.907. The van der Waals surface area contributed by atoms with E-state index < -0.39 is 0 Å². The molecule has 2 heterocycles. The van der Waals surface area contributed by atoms with Crippen molar-refractivity contribution < 1.29 is 4.74 Å². The Bertz CT molecular complexity index is 938. The Balaban J connectivity index is 1.94. The van der Waals surface area contributed by atoms with E-state index in [1.54, 1.807) is 18.9 Å². The maximum absolute atomic E-state index is 6.23. The monoisotopic (exact) mass is 371 g/mol. The predicted octanol–water partition coefficient (Wildman–Crippen LogP) is 4.89. The van der Waals surface area contributed by atoms with Crippen molar-refractivity contribution in [1.29, 1.82) is 0 Å². The lowest BCUT2D eigenvalue weighted by Gasteiger charge is -2.11. The lowest BCUT2D eigenvalue weighted by Crippen LogP contribution is -2.06. The van der Waals surface area contributed by atoms with Crippen LogP contribution in [0.3, 0.4) is 0 Å². The summed E-state index contributed by atoms with van der Waals surface area (Å²) in [5, 5.41) is 9.05. The molecule has 0 fully saturated rings. The van der Waals surface area contributed by atoms with Gasteiger partial charge in [-0.25, -0.2) is 4.68 Å². The zero-order valence-electron chi connectivity index (χ0n) is 14.0. The van der Waals surface area contributed by atoms with E-state index in [0.717, 1.165) is 41.5 Å². The first-order valence-electron chi connectivity index (χ1n) is 8.06. The molecule has 1 N–H and O–H groups in total. The largest absolute Gasteiger partial charge is 0.494 e. The standard InChI is InChI=1S/C19H18ClN3OS/c1-24-16-8-7-12(20)11-15(16)23-19-14(9-10-21-19)18(22-23)13-5-3-4-6-17(13)25-2/h3-8,11,21H,9-10H2,1-2H3. The summed E-state index contributed by atoms with van der Waals surface area (Å²) in [5.74, 6) is 1.76. The highest BCUT2D eigenvalue weighted by atomic mass is 35.5. The molecule has 0 saturated carbocycles. The van der Waals surface area contributed by atoms with Gasteiger partial charge in [0.05, 0.1) is 12.8 Å². The molecule has 0 unspecified atom stereocenters. The van der Waals surface area contributed by atoms with Gasteiger partial charge in [-0.1, -0.05) is 29.8 Å². The van der Waals surface area contributed by atoms with Crippen LogP contribution < -0.4 is 10.1 Å². The molecule has 4 rings (SSSR count). The Hall–Kier alpha value is -2.11. The van der Waals surface area contributed by atoms with Crippen molar-refractivity contribution in [3.8, 4) is 22.7 Å². The molecule has 0 amide bonds. The number of halogens is 1. The smallest absolute Gasteiger partial charge is 0.144 e. The first-order valence-corrected chi connectivity index (χ1v) is 9.66. The number of anilines is 1. The van der Waals surface area contributed by atoms with Gasteiger partial charge in [0.2, 0.25) is 0 Å². The van der Waals surface area contributed by atoms with Crippen molar-refractivity contribution >= 4 is 29.2 Å². The van der Waals surface area contributed by atoms with Crippen LogP contribution in [0.1, 0.15) is 5.56 Å². The molecule has 3 aromatic rings. The minimum Gasteiger partial charge on any atom is -0.494 e. The molecule has 0 radical (unpaired) electrons. The predicted molar refractivity (Wildman–Crippen MR) is 105 cm³/mol. The number of ether oxygens (including phenoxy) is 1. The zero-order valence-corrected chi connectivity index (χ0v) is 15.6. The van der Waals surface area contributed by atoms with E-state index in [2.05, 4.69) is 35.8 Å². The molecule has 128 valence electrons. The Kier molecular flexibility index (Phi) is 4.36. The number of hydrogen-bond acceptors (Lipinski definition) is 4. The van der Waals surface area contributed by atoms with Crippen molar-refractivity contribution in [2.24, 2.45) is 0 Å². The van der Waals surface area contributed by atoms with E-state index in [-0.39, 0.29) is 0 Å². The van der Waals surface area contributed by atoms with Crippen molar-refractivity contribution in [1.82, 2.24) is 9.78 Å². The number of nitrogens with zero attached hydrogens (tertiary/aromatic N) is 2. The minimum atomic E-state index is 0.657. The SMILES string of the molecule is COc1ccc(Cl)cc1-n1nc(-c2ccccc2SC)c2c1NCC2. The second-order valence-corrected chi connectivity index (χ2v) is 7.07. The average molecular weight is 372 g/mol. The van der Waals surface area contributed by atoms with Gasteiger partial charge in [0.15, 0.2) is 0 Å². The van der Waals surface area contributed by atoms with Crippen LogP contribution in [0.4, 0.5) is 5.82 Å². The van der Waals surface area contributed by atoms with Crippen molar-refractivity contribution in [3.63, 3.8) is 0 Å². The third-order valence-electron chi connectivity index (χ3n) is 4.38. The van der Waals surface area contributed by atoms with Crippen LogP contribution in [-0.4, -0.2) is 29.7 Å². The van der Waals surface area contributed by atoms with Crippen LogP contribution in [-0.2, 0) is 6.42 Å². The molecule has 0 aliphatic carbocycles. The second-order valence-electron chi connectivity index (χ2n) is 5.78. The van der Waals surface area contributed by atoms with Crippen LogP contribution in [0.15, 0.2) is 47.4 Å². The summed E-state index contributed by atoms with van der Waals surface area (Å²) in [5.41, 5.74) is 4.26. The summed E-state index contributed by atoms with van der Waals surface area (Å²) in [6, 6.07) is 14.0. The Morgan fingerprint density at radius 3 is 2.88 bits per heavy atom. The highest BCUT2D eigenvalue weighted by Gasteiger charge is 2.26. The minimum absolute atomic E-state index is 0.657. The average Bonchev–Trinajstić information content (AvgIpc) is 3.24. The van der Waals surface area contributed by atoms with Crippen molar-refractivity contribution in [2.75, 3.05) is 25.2 Å². The molecule has 0 spiro atoms. The third-order valence-corrected chi connectivity index (χ3v) is 5.41. The van der Waals surface area contributed by atoms with E-state index in [1.807, 2.05) is 22.9 Å². The summed E-state index contributed by atoms with van der Waals surface area (Å²) < 4.78 is 7.44. The maximum atomic E-state index is 6.23. The van der Waals surface area contributed by atoms with Gasteiger partial charge in [-0.05, 0) is 36.9 Å².